The normalized spacial score (nSPS) is 14.1. The second-order valence-electron chi connectivity index (χ2n) is 5.26. The number of rotatable bonds is 4. The molecule has 0 saturated heterocycles. The minimum absolute atomic E-state index is 0.00738. The standard InChI is InChI=1S/C17H17NO2/c1-11-3-10-16(12(2)18-11)17(19)13-4-6-14(7-5-13)20-15-8-9-15/h3-7,10,15H,8-9H2,1-2H3. The van der Waals surface area contributed by atoms with E-state index in [-0.39, 0.29) is 5.78 Å². The van der Waals surface area contributed by atoms with Gasteiger partial charge in [0.1, 0.15) is 5.75 Å². The Hall–Kier alpha value is -2.16. The van der Waals surface area contributed by atoms with Crippen molar-refractivity contribution in [2.24, 2.45) is 0 Å². The molecule has 0 unspecified atom stereocenters. The van der Waals surface area contributed by atoms with Crippen LogP contribution in [0.5, 0.6) is 5.75 Å². The van der Waals surface area contributed by atoms with Crippen LogP contribution in [0.4, 0.5) is 0 Å². The molecule has 0 N–H and O–H groups in total. The van der Waals surface area contributed by atoms with E-state index in [4.69, 9.17) is 4.74 Å². The zero-order valence-corrected chi connectivity index (χ0v) is 11.7. The number of hydrogen-bond donors (Lipinski definition) is 0. The van der Waals surface area contributed by atoms with Crippen LogP contribution < -0.4 is 4.74 Å². The Labute approximate surface area is 118 Å². The monoisotopic (exact) mass is 267 g/mol. The summed E-state index contributed by atoms with van der Waals surface area (Å²) < 4.78 is 5.68. The fourth-order valence-corrected chi connectivity index (χ4v) is 2.15. The fraction of sp³-hybridized carbons (Fsp3) is 0.294. The van der Waals surface area contributed by atoms with Gasteiger partial charge >= 0.3 is 0 Å². The number of hydrogen-bond acceptors (Lipinski definition) is 3. The highest BCUT2D eigenvalue weighted by molar-refractivity contribution is 6.09. The molecule has 3 rings (SSSR count). The van der Waals surface area contributed by atoms with Gasteiger partial charge in [0, 0.05) is 22.5 Å². The predicted octanol–water partition coefficient (Wildman–Crippen LogP) is 3.47. The van der Waals surface area contributed by atoms with Crippen molar-refractivity contribution in [1.29, 1.82) is 0 Å². The van der Waals surface area contributed by atoms with Gasteiger partial charge in [0.2, 0.25) is 0 Å². The number of carbonyl (C=O) groups is 1. The minimum atomic E-state index is 0.00738. The summed E-state index contributed by atoms with van der Waals surface area (Å²) in [6.45, 7) is 3.79. The van der Waals surface area contributed by atoms with Crippen molar-refractivity contribution in [3.63, 3.8) is 0 Å². The Kier molecular flexibility index (Phi) is 3.26. The largest absolute Gasteiger partial charge is 0.490 e. The average Bonchev–Trinajstić information content (AvgIpc) is 3.23. The van der Waals surface area contributed by atoms with Crippen LogP contribution in [-0.2, 0) is 0 Å². The molecular formula is C17H17NO2. The highest BCUT2D eigenvalue weighted by Gasteiger charge is 2.23. The van der Waals surface area contributed by atoms with E-state index in [0.717, 1.165) is 30.0 Å². The SMILES string of the molecule is Cc1ccc(C(=O)c2ccc(OC3CC3)cc2)c(C)n1. The number of carbonyl (C=O) groups excluding carboxylic acids is 1. The molecule has 0 spiro atoms. The van der Waals surface area contributed by atoms with Crippen LogP contribution >= 0.6 is 0 Å². The maximum atomic E-state index is 12.4. The Balaban J connectivity index is 1.82. The third-order valence-corrected chi connectivity index (χ3v) is 3.41. The van der Waals surface area contributed by atoms with Crippen molar-refractivity contribution in [2.75, 3.05) is 0 Å². The molecule has 3 heteroatoms. The molecule has 0 amide bonds. The van der Waals surface area contributed by atoms with Gasteiger partial charge in [0.25, 0.3) is 0 Å². The van der Waals surface area contributed by atoms with Gasteiger partial charge in [-0.25, -0.2) is 0 Å². The van der Waals surface area contributed by atoms with Crippen LogP contribution in [0.1, 0.15) is 40.2 Å². The summed E-state index contributed by atoms with van der Waals surface area (Å²) in [5, 5.41) is 0. The van der Waals surface area contributed by atoms with Crippen LogP contribution in [0, 0.1) is 13.8 Å². The molecule has 1 aromatic heterocycles. The summed E-state index contributed by atoms with van der Waals surface area (Å²) in [7, 11) is 0. The van der Waals surface area contributed by atoms with Crippen molar-refractivity contribution in [3.8, 4) is 5.75 Å². The number of ketones is 1. The minimum Gasteiger partial charge on any atom is -0.490 e. The topological polar surface area (TPSA) is 39.2 Å². The third-order valence-electron chi connectivity index (χ3n) is 3.41. The first-order valence-corrected chi connectivity index (χ1v) is 6.89. The molecular weight excluding hydrogens is 250 g/mol. The van der Waals surface area contributed by atoms with E-state index >= 15 is 0 Å². The first kappa shape index (κ1) is 12.9. The van der Waals surface area contributed by atoms with Crippen LogP contribution in [0.15, 0.2) is 36.4 Å². The molecule has 1 aliphatic carbocycles. The van der Waals surface area contributed by atoms with Gasteiger partial charge in [-0.2, -0.15) is 0 Å². The van der Waals surface area contributed by atoms with Crippen molar-refractivity contribution in [1.82, 2.24) is 4.98 Å². The van der Waals surface area contributed by atoms with Gasteiger partial charge in [0.15, 0.2) is 5.78 Å². The summed E-state index contributed by atoms with van der Waals surface area (Å²) in [5.74, 6) is 0.843. The Morgan fingerprint density at radius 3 is 2.40 bits per heavy atom. The number of pyridine rings is 1. The molecule has 1 saturated carbocycles. The molecule has 1 aliphatic rings. The van der Waals surface area contributed by atoms with Crippen LogP contribution in [0.2, 0.25) is 0 Å². The van der Waals surface area contributed by atoms with E-state index < -0.39 is 0 Å². The van der Waals surface area contributed by atoms with Crippen molar-refractivity contribution in [3.05, 3.63) is 58.9 Å². The summed E-state index contributed by atoms with van der Waals surface area (Å²) in [4.78, 5) is 16.8. The van der Waals surface area contributed by atoms with E-state index in [9.17, 15) is 4.79 Å². The molecule has 1 aromatic carbocycles. The van der Waals surface area contributed by atoms with Crippen LogP contribution in [0.25, 0.3) is 0 Å². The van der Waals surface area contributed by atoms with E-state index in [1.165, 1.54) is 0 Å². The molecule has 102 valence electrons. The second kappa shape index (κ2) is 5.08. The smallest absolute Gasteiger partial charge is 0.194 e. The zero-order chi connectivity index (χ0) is 14.1. The maximum absolute atomic E-state index is 12.4. The third kappa shape index (κ3) is 2.72. The van der Waals surface area contributed by atoms with Crippen molar-refractivity contribution in [2.45, 2.75) is 32.8 Å². The highest BCUT2D eigenvalue weighted by Crippen LogP contribution is 2.27. The number of aromatic nitrogens is 1. The van der Waals surface area contributed by atoms with E-state index in [2.05, 4.69) is 4.98 Å². The summed E-state index contributed by atoms with van der Waals surface area (Å²) in [6, 6.07) is 11.1. The van der Waals surface area contributed by atoms with Gasteiger partial charge in [-0.1, -0.05) is 0 Å². The molecule has 0 atom stereocenters. The van der Waals surface area contributed by atoms with Gasteiger partial charge in [-0.05, 0) is 63.1 Å². The van der Waals surface area contributed by atoms with Crippen molar-refractivity contribution < 1.29 is 9.53 Å². The molecule has 0 aliphatic heterocycles. The molecule has 0 radical (unpaired) electrons. The molecule has 2 aromatic rings. The number of benzene rings is 1. The lowest BCUT2D eigenvalue weighted by atomic mass is 10.0. The van der Waals surface area contributed by atoms with Gasteiger partial charge < -0.3 is 4.74 Å². The summed E-state index contributed by atoms with van der Waals surface area (Å²) >= 11 is 0. The van der Waals surface area contributed by atoms with Gasteiger partial charge in [-0.3, -0.25) is 9.78 Å². The first-order chi connectivity index (χ1) is 9.63. The number of aryl methyl sites for hydroxylation is 2. The number of nitrogens with zero attached hydrogens (tertiary/aromatic N) is 1. The van der Waals surface area contributed by atoms with Gasteiger partial charge in [0.05, 0.1) is 6.10 Å². The average molecular weight is 267 g/mol. The molecule has 1 heterocycles. The molecule has 0 bridgehead atoms. The molecule has 1 fully saturated rings. The highest BCUT2D eigenvalue weighted by atomic mass is 16.5. The quantitative estimate of drug-likeness (QED) is 0.796. The molecule has 3 nitrogen and oxygen atoms in total. The Bertz CT molecular complexity index is 643. The zero-order valence-electron chi connectivity index (χ0n) is 11.7. The van der Waals surface area contributed by atoms with Crippen LogP contribution in [-0.4, -0.2) is 16.9 Å². The van der Waals surface area contributed by atoms with E-state index in [1.807, 2.05) is 50.2 Å². The first-order valence-electron chi connectivity index (χ1n) is 6.89. The lowest BCUT2D eigenvalue weighted by molar-refractivity contribution is 0.103. The van der Waals surface area contributed by atoms with E-state index in [1.54, 1.807) is 0 Å². The summed E-state index contributed by atoms with van der Waals surface area (Å²) in [5.41, 5.74) is 3.02. The summed E-state index contributed by atoms with van der Waals surface area (Å²) in [6.07, 6.45) is 2.64. The fourth-order valence-electron chi connectivity index (χ4n) is 2.15. The Morgan fingerprint density at radius 2 is 1.80 bits per heavy atom. The van der Waals surface area contributed by atoms with Crippen molar-refractivity contribution >= 4 is 5.78 Å². The Morgan fingerprint density at radius 1 is 1.10 bits per heavy atom. The maximum Gasteiger partial charge on any atom is 0.194 e. The second-order valence-corrected chi connectivity index (χ2v) is 5.26. The molecule has 20 heavy (non-hydrogen) atoms. The van der Waals surface area contributed by atoms with Gasteiger partial charge in [-0.15, -0.1) is 0 Å². The predicted molar refractivity (Wildman–Crippen MR) is 77.2 cm³/mol. The number of ether oxygens (including phenoxy) is 1. The van der Waals surface area contributed by atoms with Crippen LogP contribution in [0.3, 0.4) is 0 Å². The lowest BCUT2D eigenvalue weighted by Crippen LogP contribution is -2.06. The lowest BCUT2D eigenvalue weighted by Gasteiger charge is -2.07. The van der Waals surface area contributed by atoms with E-state index in [0.29, 0.717) is 17.2 Å².